The number of carbonyl (C=O) groups is 3. The number of primary sulfonamides is 1. The molecule has 4 aliphatic carbocycles. The second-order valence-corrected chi connectivity index (χ2v) is 13.9. The summed E-state index contributed by atoms with van der Waals surface area (Å²) >= 11 is 0. The highest BCUT2D eigenvalue weighted by atomic mass is 32.2. The van der Waals surface area contributed by atoms with Crippen LogP contribution < -0.4 is 5.14 Å². The summed E-state index contributed by atoms with van der Waals surface area (Å²) in [5.74, 6) is 1.71. The number of amides is 1. The van der Waals surface area contributed by atoms with E-state index in [9.17, 15) is 22.8 Å². The van der Waals surface area contributed by atoms with E-state index >= 15 is 0 Å². The minimum atomic E-state index is -3.98. The highest BCUT2D eigenvalue weighted by Crippen LogP contribution is 2.58. The van der Waals surface area contributed by atoms with Gasteiger partial charge in [0.15, 0.2) is 0 Å². The number of Topliss-reactive ketones (excluding diaryl/α,β-unsaturated/α-hetero) is 2. The SMILES string of the molecule is NS(=O)(=O)c1ccccc1C(=O)N1CCN(C[C@@H]2CCCC[C@H]2CC2C(=O)[C@@H]3[C@H]4CC[C@H](C4)[C@@H]3C2=O)CC1. The van der Waals surface area contributed by atoms with Crippen molar-refractivity contribution < 1.29 is 22.8 Å². The van der Waals surface area contributed by atoms with Gasteiger partial charge in [0.05, 0.1) is 16.4 Å². The molecule has 1 aromatic rings. The Bertz CT molecular complexity index is 1200. The van der Waals surface area contributed by atoms with Crippen molar-refractivity contribution in [2.24, 2.45) is 46.6 Å². The number of benzene rings is 1. The number of rotatable bonds is 6. The first-order valence-corrected chi connectivity index (χ1v) is 16.0. The van der Waals surface area contributed by atoms with E-state index in [0.29, 0.717) is 36.8 Å². The molecule has 5 fully saturated rings. The lowest BCUT2D eigenvalue weighted by molar-refractivity contribution is -0.130. The summed E-state index contributed by atoms with van der Waals surface area (Å²) in [7, 11) is -3.98. The maximum atomic E-state index is 13.3. The molecule has 6 rings (SSSR count). The molecule has 5 aliphatic rings. The number of fused-ring (bicyclic) bond motifs is 5. The normalized spacial score (nSPS) is 35.6. The highest BCUT2D eigenvalue weighted by molar-refractivity contribution is 7.89. The second-order valence-electron chi connectivity index (χ2n) is 12.4. The predicted molar refractivity (Wildman–Crippen MR) is 142 cm³/mol. The quantitative estimate of drug-likeness (QED) is 0.554. The number of ketones is 2. The van der Waals surface area contributed by atoms with E-state index in [1.54, 1.807) is 17.0 Å². The van der Waals surface area contributed by atoms with Gasteiger partial charge in [-0.15, -0.1) is 0 Å². The van der Waals surface area contributed by atoms with Crippen molar-refractivity contribution in [3.05, 3.63) is 29.8 Å². The smallest absolute Gasteiger partial charge is 0.255 e. The summed E-state index contributed by atoms with van der Waals surface area (Å²) in [4.78, 5) is 43.8. The Morgan fingerprint density at radius 1 is 0.868 bits per heavy atom. The fourth-order valence-corrected chi connectivity index (χ4v) is 9.34. The van der Waals surface area contributed by atoms with Crippen molar-refractivity contribution in [3.8, 4) is 0 Å². The first kappa shape index (κ1) is 26.1. The van der Waals surface area contributed by atoms with Gasteiger partial charge in [-0.2, -0.15) is 0 Å². The molecule has 1 aromatic carbocycles. The molecule has 38 heavy (non-hydrogen) atoms. The van der Waals surface area contributed by atoms with Crippen LogP contribution in [0, 0.1) is 41.4 Å². The van der Waals surface area contributed by atoms with Crippen LogP contribution in [0.5, 0.6) is 0 Å². The summed E-state index contributed by atoms with van der Waals surface area (Å²) in [6, 6.07) is 6.11. The lowest BCUT2D eigenvalue weighted by atomic mass is 9.73. The molecule has 8 nitrogen and oxygen atoms in total. The van der Waals surface area contributed by atoms with Gasteiger partial charge in [0.2, 0.25) is 10.0 Å². The third-order valence-electron chi connectivity index (χ3n) is 10.4. The predicted octanol–water partition coefficient (Wildman–Crippen LogP) is 2.72. The number of carbonyl (C=O) groups excluding carboxylic acids is 3. The molecule has 2 N–H and O–H groups in total. The van der Waals surface area contributed by atoms with Crippen molar-refractivity contribution in [2.75, 3.05) is 32.7 Å². The number of nitrogens with two attached hydrogens (primary N) is 1. The van der Waals surface area contributed by atoms with E-state index in [0.717, 1.165) is 58.2 Å². The first-order chi connectivity index (χ1) is 18.2. The van der Waals surface area contributed by atoms with Crippen LogP contribution in [-0.2, 0) is 19.6 Å². The van der Waals surface area contributed by atoms with Gasteiger partial charge in [0.25, 0.3) is 5.91 Å². The van der Waals surface area contributed by atoms with Gasteiger partial charge >= 0.3 is 0 Å². The number of nitrogens with zero attached hydrogens (tertiary/aromatic N) is 2. The molecule has 1 aliphatic heterocycles. The highest BCUT2D eigenvalue weighted by Gasteiger charge is 2.61. The average Bonchev–Trinajstić information content (AvgIpc) is 3.60. The molecule has 1 heterocycles. The van der Waals surface area contributed by atoms with Gasteiger partial charge in [-0.05, 0) is 67.9 Å². The van der Waals surface area contributed by atoms with E-state index in [1.807, 2.05) is 0 Å². The Labute approximate surface area is 225 Å². The van der Waals surface area contributed by atoms with Crippen molar-refractivity contribution in [2.45, 2.75) is 56.3 Å². The van der Waals surface area contributed by atoms with Crippen LogP contribution in [0.25, 0.3) is 0 Å². The summed E-state index contributed by atoms with van der Waals surface area (Å²) in [6.45, 7) is 3.43. The second kappa shape index (κ2) is 10.1. The fraction of sp³-hybridized carbons (Fsp3) is 0.690. The summed E-state index contributed by atoms with van der Waals surface area (Å²) in [5, 5.41) is 5.33. The molecule has 1 saturated heterocycles. The van der Waals surface area contributed by atoms with Crippen LogP contribution in [0.1, 0.15) is 61.7 Å². The Kier molecular flexibility index (Phi) is 6.97. The van der Waals surface area contributed by atoms with Gasteiger partial charge in [0, 0.05) is 44.6 Å². The Morgan fingerprint density at radius 3 is 2.11 bits per heavy atom. The first-order valence-electron chi connectivity index (χ1n) is 14.4. The van der Waals surface area contributed by atoms with Crippen molar-refractivity contribution in [1.82, 2.24) is 9.80 Å². The van der Waals surface area contributed by atoms with Gasteiger partial charge < -0.3 is 4.90 Å². The van der Waals surface area contributed by atoms with Crippen LogP contribution in [0.15, 0.2) is 29.2 Å². The molecule has 9 heteroatoms. The van der Waals surface area contributed by atoms with Crippen LogP contribution in [0.3, 0.4) is 0 Å². The fourth-order valence-electron chi connectivity index (χ4n) is 8.61. The van der Waals surface area contributed by atoms with Crippen molar-refractivity contribution in [1.29, 1.82) is 0 Å². The lowest BCUT2D eigenvalue weighted by Crippen LogP contribution is -2.50. The van der Waals surface area contributed by atoms with E-state index in [-0.39, 0.29) is 45.7 Å². The number of piperazine rings is 1. The molecular weight excluding hydrogens is 502 g/mol. The molecule has 1 unspecified atom stereocenters. The van der Waals surface area contributed by atoms with Gasteiger partial charge in [-0.25, -0.2) is 13.6 Å². The van der Waals surface area contributed by atoms with Crippen LogP contribution in [-0.4, -0.2) is 68.4 Å². The monoisotopic (exact) mass is 541 g/mol. The molecule has 0 radical (unpaired) electrons. The maximum absolute atomic E-state index is 13.3. The van der Waals surface area contributed by atoms with Crippen LogP contribution >= 0.6 is 0 Å². The van der Waals surface area contributed by atoms with E-state index in [1.165, 1.54) is 25.0 Å². The largest absolute Gasteiger partial charge is 0.336 e. The van der Waals surface area contributed by atoms with Gasteiger partial charge in [0.1, 0.15) is 11.6 Å². The Balaban J connectivity index is 1.06. The lowest BCUT2D eigenvalue weighted by Gasteiger charge is -2.40. The van der Waals surface area contributed by atoms with Gasteiger partial charge in [-0.1, -0.05) is 31.4 Å². The third kappa shape index (κ3) is 4.64. The molecular formula is C29H39N3O5S. The molecule has 7 atom stereocenters. The summed E-state index contributed by atoms with van der Waals surface area (Å²) in [6.07, 6.45) is 8.65. The van der Waals surface area contributed by atoms with Gasteiger partial charge in [-0.3, -0.25) is 19.3 Å². The number of hydrogen-bond acceptors (Lipinski definition) is 6. The van der Waals surface area contributed by atoms with E-state index < -0.39 is 10.0 Å². The zero-order valence-corrected chi connectivity index (χ0v) is 22.8. The van der Waals surface area contributed by atoms with E-state index in [2.05, 4.69) is 4.90 Å². The Morgan fingerprint density at radius 2 is 1.47 bits per heavy atom. The van der Waals surface area contributed by atoms with E-state index in [4.69, 9.17) is 5.14 Å². The standard InChI is InChI=1S/C29H39N3O5S/c30-38(36,37)24-8-4-3-7-22(24)29(35)32-13-11-31(12-14-32)17-21-6-2-1-5-18(21)16-23-27(33)25-19-9-10-20(15-19)26(25)28(23)34/h3-4,7-8,18-21,23,25-26H,1-2,5-6,9-17H2,(H2,30,36,37)/t18-,19-,20+,21-,23?,25+,26-/m0/s1. The molecule has 0 spiro atoms. The number of hydrogen-bond donors (Lipinski definition) is 1. The molecule has 4 saturated carbocycles. The van der Waals surface area contributed by atoms with Crippen LogP contribution in [0.2, 0.25) is 0 Å². The average molecular weight is 542 g/mol. The van der Waals surface area contributed by atoms with Crippen molar-refractivity contribution in [3.63, 3.8) is 0 Å². The Hall–Kier alpha value is -2.10. The molecule has 0 aromatic heterocycles. The topological polar surface area (TPSA) is 118 Å². The maximum Gasteiger partial charge on any atom is 0.255 e. The number of sulfonamides is 1. The summed E-state index contributed by atoms with van der Waals surface area (Å²) in [5.41, 5.74) is 0.125. The van der Waals surface area contributed by atoms with Crippen molar-refractivity contribution >= 4 is 27.5 Å². The van der Waals surface area contributed by atoms with Crippen LogP contribution in [0.4, 0.5) is 0 Å². The minimum absolute atomic E-state index is 0.0262. The minimum Gasteiger partial charge on any atom is -0.336 e. The molecule has 1 amide bonds. The third-order valence-corrected chi connectivity index (χ3v) is 11.4. The molecule has 2 bridgehead atoms. The molecule has 206 valence electrons. The zero-order chi connectivity index (χ0) is 26.6. The zero-order valence-electron chi connectivity index (χ0n) is 22.0. The summed E-state index contributed by atoms with van der Waals surface area (Å²) < 4.78 is 23.9.